The summed E-state index contributed by atoms with van der Waals surface area (Å²) in [6, 6.07) is 8.11. The zero-order valence-corrected chi connectivity index (χ0v) is 10.5. The Morgan fingerprint density at radius 1 is 1.47 bits per heavy atom. The number of anilines is 1. The lowest BCUT2D eigenvalue weighted by Crippen LogP contribution is -2.28. The number of rotatable bonds is 5. The summed E-state index contributed by atoms with van der Waals surface area (Å²) < 4.78 is 5.54. The number of hydrogen-bond donors (Lipinski definition) is 2. The van der Waals surface area contributed by atoms with Crippen LogP contribution in [0.5, 0.6) is 0 Å². The maximum Gasteiger partial charge on any atom is 0.0588 e. The predicted octanol–water partition coefficient (Wildman–Crippen LogP) is 1.83. The Kier molecular flexibility index (Phi) is 4.40. The minimum atomic E-state index is 0.412. The van der Waals surface area contributed by atoms with Gasteiger partial charge in [-0.25, -0.2) is 0 Å². The Morgan fingerprint density at radius 2 is 2.35 bits per heavy atom. The SMILES string of the molecule is CC1OCCC1CNCCc1cccc(N)c1. The van der Waals surface area contributed by atoms with Gasteiger partial charge in [-0.2, -0.15) is 0 Å². The molecule has 3 heteroatoms. The van der Waals surface area contributed by atoms with Crippen LogP contribution in [0.1, 0.15) is 18.9 Å². The molecular weight excluding hydrogens is 212 g/mol. The van der Waals surface area contributed by atoms with E-state index >= 15 is 0 Å². The molecule has 3 nitrogen and oxygen atoms in total. The first kappa shape index (κ1) is 12.4. The molecule has 0 amide bonds. The van der Waals surface area contributed by atoms with Crippen LogP contribution >= 0.6 is 0 Å². The van der Waals surface area contributed by atoms with Gasteiger partial charge in [0.25, 0.3) is 0 Å². The average Bonchev–Trinajstić information content (AvgIpc) is 2.71. The van der Waals surface area contributed by atoms with Crippen LogP contribution in [0.25, 0.3) is 0 Å². The molecule has 2 unspecified atom stereocenters. The van der Waals surface area contributed by atoms with E-state index in [1.54, 1.807) is 0 Å². The Labute approximate surface area is 103 Å². The van der Waals surface area contributed by atoms with Crippen molar-refractivity contribution in [3.8, 4) is 0 Å². The minimum Gasteiger partial charge on any atom is -0.399 e. The second kappa shape index (κ2) is 6.03. The molecule has 0 radical (unpaired) electrons. The molecule has 1 aliphatic heterocycles. The molecule has 1 heterocycles. The Morgan fingerprint density at radius 3 is 3.06 bits per heavy atom. The van der Waals surface area contributed by atoms with Crippen molar-refractivity contribution in [2.24, 2.45) is 5.92 Å². The van der Waals surface area contributed by atoms with Gasteiger partial charge in [-0.3, -0.25) is 0 Å². The highest BCUT2D eigenvalue weighted by molar-refractivity contribution is 5.40. The highest BCUT2D eigenvalue weighted by atomic mass is 16.5. The molecule has 2 rings (SSSR count). The van der Waals surface area contributed by atoms with Crippen molar-refractivity contribution in [2.75, 3.05) is 25.4 Å². The molecule has 17 heavy (non-hydrogen) atoms. The maximum absolute atomic E-state index is 5.74. The number of nitrogens with two attached hydrogens (primary N) is 1. The maximum atomic E-state index is 5.74. The van der Waals surface area contributed by atoms with E-state index in [0.29, 0.717) is 12.0 Å². The van der Waals surface area contributed by atoms with Crippen LogP contribution in [0.15, 0.2) is 24.3 Å². The van der Waals surface area contributed by atoms with Gasteiger partial charge in [0.05, 0.1) is 6.10 Å². The molecule has 0 aliphatic carbocycles. The number of nitrogen functional groups attached to an aromatic ring is 1. The zero-order chi connectivity index (χ0) is 12.1. The van der Waals surface area contributed by atoms with E-state index in [9.17, 15) is 0 Å². The summed E-state index contributed by atoms with van der Waals surface area (Å²) in [4.78, 5) is 0. The van der Waals surface area contributed by atoms with Crippen molar-refractivity contribution in [2.45, 2.75) is 25.9 Å². The van der Waals surface area contributed by atoms with E-state index in [1.807, 2.05) is 18.2 Å². The summed E-state index contributed by atoms with van der Waals surface area (Å²) in [5.74, 6) is 0.677. The molecular formula is C14H22N2O. The highest BCUT2D eigenvalue weighted by Crippen LogP contribution is 2.19. The third-order valence-corrected chi connectivity index (χ3v) is 3.48. The lowest BCUT2D eigenvalue weighted by Gasteiger charge is -2.14. The van der Waals surface area contributed by atoms with E-state index in [2.05, 4.69) is 18.3 Å². The number of nitrogens with one attached hydrogen (secondary N) is 1. The minimum absolute atomic E-state index is 0.412. The Bertz CT molecular complexity index is 354. The molecule has 0 aromatic heterocycles. The molecule has 94 valence electrons. The van der Waals surface area contributed by atoms with E-state index in [0.717, 1.165) is 31.8 Å². The summed E-state index contributed by atoms with van der Waals surface area (Å²) in [5.41, 5.74) is 7.89. The van der Waals surface area contributed by atoms with Crippen molar-refractivity contribution in [3.05, 3.63) is 29.8 Å². The molecule has 1 aromatic rings. The summed E-state index contributed by atoms with van der Waals surface area (Å²) in [6.07, 6.45) is 2.63. The van der Waals surface area contributed by atoms with E-state index in [4.69, 9.17) is 10.5 Å². The van der Waals surface area contributed by atoms with Gasteiger partial charge in [-0.05, 0) is 49.9 Å². The van der Waals surface area contributed by atoms with Gasteiger partial charge in [0.15, 0.2) is 0 Å². The van der Waals surface area contributed by atoms with Crippen LogP contribution in [0.4, 0.5) is 5.69 Å². The summed E-state index contributed by atoms with van der Waals surface area (Å²) in [6.45, 7) is 5.15. The molecule has 3 N–H and O–H groups in total. The van der Waals surface area contributed by atoms with Gasteiger partial charge in [0, 0.05) is 18.8 Å². The van der Waals surface area contributed by atoms with Crippen LogP contribution in [-0.2, 0) is 11.2 Å². The summed E-state index contributed by atoms with van der Waals surface area (Å²) >= 11 is 0. The fraction of sp³-hybridized carbons (Fsp3) is 0.571. The normalized spacial score (nSPS) is 24.1. The Hall–Kier alpha value is -1.06. The molecule has 1 fully saturated rings. The number of hydrogen-bond acceptors (Lipinski definition) is 3. The first-order valence-corrected chi connectivity index (χ1v) is 6.42. The lowest BCUT2D eigenvalue weighted by atomic mass is 10.0. The largest absolute Gasteiger partial charge is 0.399 e. The number of benzene rings is 1. The van der Waals surface area contributed by atoms with Gasteiger partial charge in [-0.15, -0.1) is 0 Å². The fourth-order valence-corrected chi connectivity index (χ4v) is 2.31. The van der Waals surface area contributed by atoms with Crippen molar-refractivity contribution >= 4 is 5.69 Å². The first-order valence-electron chi connectivity index (χ1n) is 6.42. The van der Waals surface area contributed by atoms with Gasteiger partial charge < -0.3 is 15.8 Å². The van der Waals surface area contributed by atoms with E-state index in [1.165, 1.54) is 12.0 Å². The summed E-state index contributed by atoms with van der Waals surface area (Å²) in [7, 11) is 0. The van der Waals surface area contributed by atoms with Crippen molar-refractivity contribution in [3.63, 3.8) is 0 Å². The fourth-order valence-electron chi connectivity index (χ4n) is 2.31. The first-order chi connectivity index (χ1) is 8.25. The molecule has 0 spiro atoms. The van der Waals surface area contributed by atoms with Crippen LogP contribution < -0.4 is 11.1 Å². The molecule has 0 bridgehead atoms. The van der Waals surface area contributed by atoms with Crippen molar-refractivity contribution in [1.29, 1.82) is 0 Å². The van der Waals surface area contributed by atoms with Crippen molar-refractivity contribution in [1.82, 2.24) is 5.32 Å². The third kappa shape index (κ3) is 3.72. The topological polar surface area (TPSA) is 47.3 Å². The summed E-state index contributed by atoms with van der Waals surface area (Å²) in [5, 5.41) is 3.50. The van der Waals surface area contributed by atoms with E-state index < -0.39 is 0 Å². The van der Waals surface area contributed by atoms with Crippen LogP contribution in [0.3, 0.4) is 0 Å². The van der Waals surface area contributed by atoms with Crippen molar-refractivity contribution < 1.29 is 4.74 Å². The molecule has 2 atom stereocenters. The standard InChI is InChI=1S/C14H22N2O/c1-11-13(6-8-17-11)10-16-7-5-12-3-2-4-14(15)9-12/h2-4,9,11,13,16H,5-8,10,15H2,1H3. The Balaban J connectivity index is 1.66. The third-order valence-electron chi connectivity index (χ3n) is 3.48. The second-order valence-corrected chi connectivity index (χ2v) is 4.82. The van der Waals surface area contributed by atoms with Gasteiger partial charge >= 0.3 is 0 Å². The lowest BCUT2D eigenvalue weighted by molar-refractivity contribution is 0.105. The van der Waals surface area contributed by atoms with Crippen LogP contribution in [0, 0.1) is 5.92 Å². The van der Waals surface area contributed by atoms with Gasteiger partial charge in [0.1, 0.15) is 0 Å². The molecule has 1 aliphatic rings. The number of ether oxygens (including phenoxy) is 1. The zero-order valence-electron chi connectivity index (χ0n) is 10.5. The second-order valence-electron chi connectivity index (χ2n) is 4.82. The molecule has 1 saturated heterocycles. The average molecular weight is 234 g/mol. The quantitative estimate of drug-likeness (QED) is 0.603. The predicted molar refractivity (Wildman–Crippen MR) is 70.9 cm³/mol. The molecule has 0 saturated carbocycles. The van der Waals surface area contributed by atoms with E-state index in [-0.39, 0.29) is 0 Å². The monoisotopic (exact) mass is 234 g/mol. The van der Waals surface area contributed by atoms with Crippen LogP contribution in [-0.4, -0.2) is 25.8 Å². The highest BCUT2D eigenvalue weighted by Gasteiger charge is 2.23. The van der Waals surface area contributed by atoms with Gasteiger partial charge in [-0.1, -0.05) is 12.1 Å². The van der Waals surface area contributed by atoms with Crippen LogP contribution in [0.2, 0.25) is 0 Å². The van der Waals surface area contributed by atoms with Gasteiger partial charge in [0.2, 0.25) is 0 Å². The molecule has 1 aromatic carbocycles. The smallest absolute Gasteiger partial charge is 0.0588 e.